The average Bonchev–Trinajstić information content (AvgIpc) is 2.48. The summed E-state index contributed by atoms with van der Waals surface area (Å²) in [5.41, 5.74) is -1.45. The van der Waals surface area contributed by atoms with Crippen molar-refractivity contribution in [2.24, 2.45) is 0 Å². The zero-order valence-electron chi connectivity index (χ0n) is 11.7. The van der Waals surface area contributed by atoms with Crippen molar-refractivity contribution >= 4 is 5.69 Å². The van der Waals surface area contributed by atoms with Crippen molar-refractivity contribution in [3.05, 3.63) is 29.1 Å². The molecule has 1 heterocycles. The van der Waals surface area contributed by atoms with Crippen LogP contribution in [0.2, 0.25) is 0 Å². The fourth-order valence-corrected chi connectivity index (χ4v) is 2.44. The van der Waals surface area contributed by atoms with Gasteiger partial charge in [0.05, 0.1) is 5.60 Å². The van der Waals surface area contributed by atoms with Crippen LogP contribution in [0.3, 0.4) is 0 Å². The summed E-state index contributed by atoms with van der Waals surface area (Å²) >= 11 is 0. The fraction of sp³-hybridized carbons (Fsp3) is 0.571. The molecule has 2 atom stereocenters. The predicted octanol–water partition coefficient (Wildman–Crippen LogP) is 4.14. The quantitative estimate of drug-likeness (QED) is 0.515. The van der Waals surface area contributed by atoms with Crippen LogP contribution >= 0.6 is 0 Å². The molecule has 2 nitrogen and oxygen atoms in total. The Morgan fingerprint density at radius 2 is 1.57 bits per heavy atom. The van der Waals surface area contributed by atoms with Crippen LogP contribution in [0, 0.1) is 29.1 Å². The van der Waals surface area contributed by atoms with Crippen molar-refractivity contribution in [1.82, 2.24) is 0 Å². The van der Waals surface area contributed by atoms with E-state index in [1.807, 2.05) is 13.8 Å². The van der Waals surface area contributed by atoms with Gasteiger partial charge in [-0.1, -0.05) is 6.92 Å². The van der Waals surface area contributed by atoms with Gasteiger partial charge in [0.2, 0.25) is 5.82 Å². The van der Waals surface area contributed by atoms with E-state index in [-0.39, 0.29) is 0 Å². The van der Waals surface area contributed by atoms with E-state index < -0.39 is 46.4 Å². The van der Waals surface area contributed by atoms with Crippen molar-refractivity contribution < 1.29 is 26.7 Å². The number of nitrogens with one attached hydrogen (secondary N) is 1. The minimum absolute atomic E-state index is 0.359. The standard InChI is InChI=1S/C14H16F5NO/c1-3-14(2)6-7(4-5-21-14)20-13-11(18)9(16)8(15)10(17)12(13)19/h7,20H,3-6H2,1-2H3. The molecule has 0 spiro atoms. The number of rotatable bonds is 3. The topological polar surface area (TPSA) is 21.3 Å². The van der Waals surface area contributed by atoms with Crippen LogP contribution in [0.4, 0.5) is 27.6 Å². The zero-order valence-corrected chi connectivity index (χ0v) is 11.7. The molecule has 1 aliphatic heterocycles. The highest BCUT2D eigenvalue weighted by Gasteiger charge is 2.34. The molecule has 7 heteroatoms. The molecular formula is C14H16F5NO. The minimum atomic E-state index is -2.15. The highest BCUT2D eigenvalue weighted by atomic mass is 19.2. The van der Waals surface area contributed by atoms with E-state index in [0.717, 1.165) is 0 Å². The molecule has 118 valence electrons. The van der Waals surface area contributed by atoms with Gasteiger partial charge in [-0.3, -0.25) is 0 Å². The molecule has 1 saturated heterocycles. The Morgan fingerprint density at radius 1 is 1.05 bits per heavy atom. The lowest BCUT2D eigenvalue weighted by atomic mass is 9.90. The Hall–Kier alpha value is -1.37. The van der Waals surface area contributed by atoms with Crippen LogP contribution < -0.4 is 5.32 Å². The third-order valence-corrected chi connectivity index (χ3v) is 3.90. The van der Waals surface area contributed by atoms with Crippen LogP contribution in [0.1, 0.15) is 33.1 Å². The lowest BCUT2D eigenvalue weighted by Gasteiger charge is -2.38. The molecule has 2 rings (SSSR count). The summed E-state index contributed by atoms with van der Waals surface area (Å²) in [6.45, 7) is 4.11. The molecule has 0 aromatic heterocycles. The van der Waals surface area contributed by atoms with Gasteiger partial charge < -0.3 is 10.1 Å². The molecule has 1 N–H and O–H groups in total. The molecule has 0 saturated carbocycles. The maximum Gasteiger partial charge on any atom is 0.200 e. The van der Waals surface area contributed by atoms with E-state index in [2.05, 4.69) is 5.32 Å². The number of benzene rings is 1. The molecule has 1 aromatic carbocycles. The van der Waals surface area contributed by atoms with Crippen molar-refractivity contribution in [3.63, 3.8) is 0 Å². The first-order valence-electron chi connectivity index (χ1n) is 6.71. The lowest BCUT2D eigenvalue weighted by molar-refractivity contribution is -0.0709. The van der Waals surface area contributed by atoms with E-state index in [0.29, 0.717) is 25.9 Å². The number of ether oxygens (including phenoxy) is 1. The Labute approximate surface area is 119 Å². The van der Waals surface area contributed by atoms with Gasteiger partial charge in [-0.2, -0.15) is 0 Å². The largest absolute Gasteiger partial charge is 0.377 e. The minimum Gasteiger partial charge on any atom is -0.377 e. The summed E-state index contributed by atoms with van der Waals surface area (Å²) in [6.07, 6.45) is 1.53. The van der Waals surface area contributed by atoms with Gasteiger partial charge in [-0.15, -0.1) is 0 Å². The number of hydrogen-bond acceptors (Lipinski definition) is 2. The second kappa shape index (κ2) is 5.79. The van der Waals surface area contributed by atoms with Gasteiger partial charge in [-0.25, -0.2) is 22.0 Å². The molecule has 1 fully saturated rings. The third kappa shape index (κ3) is 2.97. The monoisotopic (exact) mass is 309 g/mol. The van der Waals surface area contributed by atoms with Gasteiger partial charge in [0.25, 0.3) is 0 Å². The predicted molar refractivity (Wildman–Crippen MR) is 67.5 cm³/mol. The maximum absolute atomic E-state index is 13.6. The smallest absolute Gasteiger partial charge is 0.200 e. The van der Waals surface area contributed by atoms with Crippen molar-refractivity contribution in [1.29, 1.82) is 0 Å². The Kier molecular flexibility index (Phi) is 4.41. The van der Waals surface area contributed by atoms with Crippen LogP contribution in [-0.2, 0) is 4.74 Å². The van der Waals surface area contributed by atoms with Crippen LogP contribution in [0.25, 0.3) is 0 Å². The molecule has 1 aliphatic rings. The van der Waals surface area contributed by atoms with Gasteiger partial charge in [0, 0.05) is 12.6 Å². The zero-order chi connectivity index (χ0) is 15.8. The van der Waals surface area contributed by atoms with Crippen molar-refractivity contribution in [2.45, 2.75) is 44.8 Å². The Morgan fingerprint density at radius 3 is 2.10 bits per heavy atom. The molecule has 2 unspecified atom stereocenters. The molecular weight excluding hydrogens is 293 g/mol. The van der Waals surface area contributed by atoms with E-state index in [9.17, 15) is 22.0 Å². The summed E-state index contributed by atoms with van der Waals surface area (Å²) in [4.78, 5) is 0. The van der Waals surface area contributed by atoms with Crippen molar-refractivity contribution in [2.75, 3.05) is 11.9 Å². The molecule has 1 aromatic rings. The normalized spacial score (nSPS) is 26.0. The maximum atomic E-state index is 13.6. The second-order valence-corrected chi connectivity index (χ2v) is 5.43. The summed E-state index contributed by atoms with van der Waals surface area (Å²) in [5.74, 6) is -9.71. The summed E-state index contributed by atoms with van der Waals surface area (Å²) in [6, 6.07) is -0.419. The highest BCUT2D eigenvalue weighted by molar-refractivity contribution is 5.48. The second-order valence-electron chi connectivity index (χ2n) is 5.43. The molecule has 0 amide bonds. The number of anilines is 1. The molecule has 0 radical (unpaired) electrons. The fourth-order valence-electron chi connectivity index (χ4n) is 2.44. The van der Waals surface area contributed by atoms with Crippen LogP contribution in [-0.4, -0.2) is 18.2 Å². The lowest BCUT2D eigenvalue weighted by Crippen LogP contribution is -2.42. The van der Waals surface area contributed by atoms with E-state index in [4.69, 9.17) is 4.74 Å². The molecule has 21 heavy (non-hydrogen) atoms. The highest BCUT2D eigenvalue weighted by Crippen LogP contribution is 2.32. The summed E-state index contributed by atoms with van der Waals surface area (Å²) in [7, 11) is 0. The molecule has 0 bridgehead atoms. The summed E-state index contributed by atoms with van der Waals surface area (Å²) in [5, 5.41) is 2.44. The van der Waals surface area contributed by atoms with E-state index in [1.54, 1.807) is 0 Å². The Bertz CT molecular complexity index is 522. The first kappa shape index (κ1) is 16.0. The van der Waals surface area contributed by atoms with Gasteiger partial charge in [0.15, 0.2) is 23.3 Å². The SMILES string of the molecule is CCC1(C)CC(Nc2c(F)c(F)c(F)c(F)c2F)CCO1. The van der Waals surface area contributed by atoms with E-state index in [1.165, 1.54) is 0 Å². The van der Waals surface area contributed by atoms with Gasteiger partial charge >= 0.3 is 0 Å². The van der Waals surface area contributed by atoms with Crippen LogP contribution in [0.5, 0.6) is 0 Å². The first-order chi connectivity index (χ1) is 9.79. The van der Waals surface area contributed by atoms with Gasteiger partial charge in [0.1, 0.15) is 5.69 Å². The third-order valence-electron chi connectivity index (χ3n) is 3.90. The van der Waals surface area contributed by atoms with Crippen LogP contribution in [0.15, 0.2) is 0 Å². The number of hydrogen-bond donors (Lipinski definition) is 1. The van der Waals surface area contributed by atoms with Gasteiger partial charge in [-0.05, 0) is 26.2 Å². The summed E-state index contributed by atoms with van der Waals surface area (Å²) < 4.78 is 72.1. The Balaban J connectivity index is 2.28. The van der Waals surface area contributed by atoms with Crippen molar-refractivity contribution in [3.8, 4) is 0 Å². The molecule has 0 aliphatic carbocycles. The average molecular weight is 309 g/mol. The first-order valence-corrected chi connectivity index (χ1v) is 6.71. The van der Waals surface area contributed by atoms with E-state index >= 15 is 0 Å². The number of halogens is 5.